The number of nitrogens with one attached hydrogen (secondary N) is 2. The van der Waals surface area contributed by atoms with E-state index in [1.54, 1.807) is 31.2 Å². The monoisotopic (exact) mass is 482 g/mol. The second kappa shape index (κ2) is 9.62. The number of nitrogens with zero attached hydrogens (tertiary/aromatic N) is 2. The Balaban J connectivity index is 1.51. The zero-order valence-corrected chi connectivity index (χ0v) is 19.7. The van der Waals surface area contributed by atoms with Crippen LogP contribution in [0.5, 0.6) is 0 Å². The Morgan fingerprint density at radius 2 is 1.88 bits per heavy atom. The van der Waals surface area contributed by atoms with Crippen molar-refractivity contribution in [1.29, 1.82) is 0 Å². The number of amides is 2. The van der Waals surface area contributed by atoms with Crippen LogP contribution in [0.4, 0.5) is 15.1 Å². The Kier molecular flexibility index (Phi) is 6.62. The number of aryl methyl sites for hydroxylation is 1. The van der Waals surface area contributed by atoms with Crippen molar-refractivity contribution in [1.82, 2.24) is 9.47 Å². The lowest BCUT2D eigenvalue weighted by atomic mass is 10.2. The Morgan fingerprint density at radius 1 is 1.09 bits per heavy atom. The number of rotatable bonds is 7. The van der Waals surface area contributed by atoms with Gasteiger partial charge in [0.2, 0.25) is 0 Å². The zero-order valence-electron chi connectivity index (χ0n) is 18.8. The SMILES string of the molecule is Cc1cc(NC(=O)c2cccc(F)c2)sc1C(=O)Nc1ccc2oc(=O)n(CCN(C)C)c2c1. The van der Waals surface area contributed by atoms with Crippen LogP contribution in [0.15, 0.2) is 57.7 Å². The van der Waals surface area contributed by atoms with E-state index < -0.39 is 17.5 Å². The van der Waals surface area contributed by atoms with Crippen molar-refractivity contribution in [2.75, 3.05) is 31.3 Å². The molecule has 0 unspecified atom stereocenters. The molecule has 4 aromatic rings. The highest BCUT2D eigenvalue weighted by Gasteiger charge is 2.17. The third-order valence-corrected chi connectivity index (χ3v) is 6.29. The molecule has 0 bridgehead atoms. The van der Waals surface area contributed by atoms with Crippen LogP contribution >= 0.6 is 11.3 Å². The van der Waals surface area contributed by atoms with Gasteiger partial charge in [-0.2, -0.15) is 0 Å². The number of thiophene rings is 1. The third-order valence-electron chi connectivity index (χ3n) is 5.14. The molecular formula is C24H23FN4O4S. The molecule has 0 radical (unpaired) electrons. The van der Waals surface area contributed by atoms with Crippen molar-refractivity contribution in [3.05, 3.63) is 80.9 Å². The summed E-state index contributed by atoms with van der Waals surface area (Å²) in [5.74, 6) is -1.77. The second-order valence-electron chi connectivity index (χ2n) is 8.05. The summed E-state index contributed by atoms with van der Waals surface area (Å²) in [6, 6.07) is 12.1. The van der Waals surface area contributed by atoms with Crippen molar-refractivity contribution in [3.8, 4) is 0 Å². The normalized spacial score (nSPS) is 11.2. The average molecular weight is 483 g/mol. The van der Waals surface area contributed by atoms with Crippen LogP contribution in [-0.2, 0) is 6.54 Å². The Labute approximate surface area is 198 Å². The molecule has 0 fully saturated rings. The van der Waals surface area contributed by atoms with Gasteiger partial charge in [0.25, 0.3) is 11.8 Å². The summed E-state index contributed by atoms with van der Waals surface area (Å²) in [4.78, 5) is 39.9. The molecular weight excluding hydrogens is 459 g/mol. The summed E-state index contributed by atoms with van der Waals surface area (Å²) in [5.41, 5.74) is 2.41. The predicted octanol–water partition coefficient (Wildman–Crippen LogP) is 4.17. The van der Waals surface area contributed by atoms with E-state index in [4.69, 9.17) is 4.42 Å². The summed E-state index contributed by atoms with van der Waals surface area (Å²) in [6.07, 6.45) is 0. The van der Waals surface area contributed by atoms with Gasteiger partial charge < -0.3 is 20.0 Å². The number of benzene rings is 2. The molecule has 0 aliphatic heterocycles. The number of anilines is 2. The molecule has 0 saturated heterocycles. The maximum atomic E-state index is 13.4. The first-order chi connectivity index (χ1) is 16.2. The molecule has 4 rings (SSSR count). The molecule has 34 heavy (non-hydrogen) atoms. The zero-order chi connectivity index (χ0) is 24.4. The second-order valence-corrected chi connectivity index (χ2v) is 9.10. The van der Waals surface area contributed by atoms with Gasteiger partial charge in [-0.3, -0.25) is 14.2 Å². The summed E-state index contributed by atoms with van der Waals surface area (Å²) in [5, 5.41) is 6.01. The smallest absolute Gasteiger partial charge is 0.408 e. The molecule has 0 aliphatic rings. The Bertz CT molecular complexity index is 1440. The van der Waals surface area contributed by atoms with Gasteiger partial charge in [-0.15, -0.1) is 11.3 Å². The van der Waals surface area contributed by atoms with Gasteiger partial charge >= 0.3 is 5.76 Å². The fourth-order valence-electron chi connectivity index (χ4n) is 3.42. The number of fused-ring (bicyclic) bond motifs is 1. The van der Waals surface area contributed by atoms with Crippen molar-refractivity contribution in [2.24, 2.45) is 0 Å². The maximum Gasteiger partial charge on any atom is 0.419 e. The number of hydrogen-bond donors (Lipinski definition) is 2. The first-order valence-electron chi connectivity index (χ1n) is 10.5. The number of halogens is 1. The van der Waals surface area contributed by atoms with Crippen LogP contribution in [0.2, 0.25) is 0 Å². The first-order valence-corrected chi connectivity index (χ1v) is 11.3. The summed E-state index contributed by atoms with van der Waals surface area (Å²) in [6.45, 7) is 2.87. The summed E-state index contributed by atoms with van der Waals surface area (Å²) >= 11 is 1.12. The fraction of sp³-hybridized carbons (Fsp3) is 0.208. The molecule has 2 aromatic heterocycles. The molecule has 0 spiro atoms. The standard InChI is InChI=1S/C24H23FN4O4S/c1-14-11-20(27-22(30)15-5-4-6-16(25)12-15)34-21(14)23(31)26-17-7-8-19-18(13-17)29(24(32)33-19)10-9-28(2)3/h4-8,11-13H,9-10H2,1-3H3,(H,26,31)(H,27,30). The van der Waals surface area contributed by atoms with Crippen molar-refractivity contribution >= 4 is 44.9 Å². The van der Waals surface area contributed by atoms with Gasteiger partial charge in [-0.05, 0) is 69.0 Å². The van der Waals surface area contributed by atoms with Gasteiger partial charge in [0.15, 0.2) is 5.58 Å². The van der Waals surface area contributed by atoms with E-state index in [2.05, 4.69) is 10.6 Å². The predicted molar refractivity (Wildman–Crippen MR) is 130 cm³/mol. The van der Waals surface area contributed by atoms with Gasteiger partial charge in [0, 0.05) is 24.3 Å². The number of carbonyl (C=O) groups is 2. The van der Waals surface area contributed by atoms with E-state index in [-0.39, 0.29) is 11.5 Å². The molecule has 2 amide bonds. The minimum Gasteiger partial charge on any atom is -0.408 e. The van der Waals surface area contributed by atoms with Crippen molar-refractivity contribution in [3.63, 3.8) is 0 Å². The fourth-order valence-corrected chi connectivity index (χ4v) is 4.39. The number of aromatic nitrogens is 1. The Morgan fingerprint density at radius 3 is 2.62 bits per heavy atom. The molecule has 0 aliphatic carbocycles. The van der Waals surface area contributed by atoms with E-state index in [0.29, 0.717) is 45.3 Å². The summed E-state index contributed by atoms with van der Waals surface area (Å²) in [7, 11) is 3.83. The number of carbonyl (C=O) groups excluding carboxylic acids is 2. The minimum absolute atomic E-state index is 0.186. The van der Waals surface area contributed by atoms with Crippen LogP contribution in [0.3, 0.4) is 0 Å². The lowest BCUT2D eigenvalue weighted by Gasteiger charge is -2.10. The molecule has 10 heteroatoms. The highest BCUT2D eigenvalue weighted by atomic mass is 32.1. The van der Waals surface area contributed by atoms with Crippen LogP contribution in [0.25, 0.3) is 11.1 Å². The van der Waals surface area contributed by atoms with Gasteiger partial charge in [-0.1, -0.05) is 6.07 Å². The molecule has 2 aromatic carbocycles. The number of oxazole rings is 1. The molecule has 8 nitrogen and oxygen atoms in total. The van der Waals surface area contributed by atoms with Crippen LogP contribution < -0.4 is 16.4 Å². The van der Waals surface area contributed by atoms with Gasteiger partial charge in [0.1, 0.15) is 5.82 Å². The van der Waals surface area contributed by atoms with E-state index in [9.17, 15) is 18.8 Å². The van der Waals surface area contributed by atoms with Crippen molar-refractivity contribution in [2.45, 2.75) is 13.5 Å². The van der Waals surface area contributed by atoms with E-state index in [0.717, 1.165) is 17.4 Å². The van der Waals surface area contributed by atoms with E-state index in [1.807, 2.05) is 19.0 Å². The van der Waals surface area contributed by atoms with Gasteiger partial charge in [-0.25, -0.2) is 9.18 Å². The first kappa shape index (κ1) is 23.4. The lowest BCUT2D eigenvalue weighted by Crippen LogP contribution is -2.23. The van der Waals surface area contributed by atoms with E-state index in [1.165, 1.54) is 22.8 Å². The van der Waals surface area contributed by atoms with Gasteiger partial charge in [0.05, 0.1) is 15.4 Å². The largest absolute Gasteiger partial charge is 0.419 e. The van der Waals surface area contributed by atoms with E-state index >= 15 is 0 Å². The van der Waals surface area contributed by atoms with Crippen molar-refractivity contribution < 1.29 is 18.4 Å². The number of likely N-dealkylation sites (N-methyl/N-ethyl adjacent to an activating group) is 1. The molecule has 0 atom stereocenters. The molecule has 2 N–H and O–H groups in total. The molecule has 0 saturated carbocycles. The topological polar surface area (TPSA) is 96.6 Å². The quantitative estimate of drug-likeness (QED) is 0.412. The minimum atomic E-state index is -0.503. The molecule has 176 valence electrons. The number of hydrogen-bond acceptors (Lipinski definition) is 6. The highest BCUT2D eigenvalue weighted by molar-refractivity contribution is 7.18. The average Bonchev–Trinajstić information content (AvgIpc) is 3.30. The summed E-state index contributed by atoms with van der Waals surface area (Å²) < 4.78 is 20.2. The lowest BCUT2D eigenvalue weighted by molar-refractivity contribution is 0.101. The Hall–Kier alpha value is -3.76. The van der Waals surface area contributed by atoms with Crippen LogP contribution in [0, 0.1) is 12.7 Å². The van der Waals surface area contributed by atoms with Crippen LogP contribution in [-0.4, -0.2) is 41.9 Å². The highest BCUT2D eigenvalue weighted by Crippen LogP contribution is 2.28. The van der Waals surface area contributed by atoms with Crippen LogP contribution in [0.1, 0.15) is 25.6 Å². The molecule has 2 heterocycles. The third kappa shape index (κ3) is 5.08. The maximum absolute atomic E-state index is 13.4.